The van der Waals surface area contributed by atoms with Gasteiger partial charge in [0, 0.05) is 18.8 Å². The first kappa shape index (κ1) is 23.8. The van der Waals surface area contributed by atoms with Crippen LogP contribution in [0.25, 0.3) is 6.08 Å². The van der Waals surface area contributed by atoms with Crippen molar-refractivity contribution in [1.82, 2.24) is 4.90 Å². The first-order chi connectivity index (χ1) is 15.5. The van der Waals surface area contributed by atoms with Gasteiger partial charge in [0.25, 0.3) is 5.91 Å². The average molecular weight is 470 g/mol. The van der Waals surface area contributed by atoms with Gasteiger partial charge in [-0.15, -0.1) is 0 Å². The number of thiocarbonyl (C=S) groups is 1. The second-order valence-electron chi connectivity index (χ2n) is 6.97. The highest BCUT2D eigenvalue weighted by Crippen LogP contribution is 2.33. The Bertz CT molecular complexity index is 1020. The molecule has 1 aliphatic heterocycles. The van der Waals surface area contributed by atoms with E-state index in [0.717, 1.165) is 24.3 Å². The molecule has 6 nitrogen and oxygen atoms in total. The molecule has 1 amide bonds. The minimum absolute atomic E-state index is 0.158. The Morgan fingerprint density at radius 1 is 1.12 bits per heavy atom. The number of nitrogens with zero attached hydrogens (tertiary/aromatic N) is 2. The highest BCUT2D eigenvalue weighted by atomic mass is 32.2. The van der Waals surface area contributed by atoms with Gasteiger partial charge in [-0.05, 0) is 56.7 Å². The first-order valence-corrected chi connectivity index (χ1v) is 11.8. The lowest BCUT2D eigenvalue weighted by atomic mass is 10.1. The number of carbonyl (C=O) groups is 2. The molecule has 168 valence electrons. The molecule has 0 aliphatic carbocycles. The Balaban J connectivity index is 1.70. The molecule has 0 bridgehead atoms. The number of ether oxygens (including phenoxy) is 1. The molecule has 0 atom stereocenters. The monoisotopic (exact) mass is 469 g/mol. The Morgan fingerprint density at radius 2 is 1.81 bits per heavy atom. The Kier molecular flexibility index (Phi) is 8.30. The maximum Gasteiger partial charge on any atom is 0.340 e. The van der Waals surface area contributed by atoms with E-state index in [1.54, 1.807) is 25.1 Å². The predicted octanol–water partition coefficient (Wildman–Crippen LogP) is 4.98. The summed E-state index contributed by atoms with van der Waals surface area (Å²) in [5.74, 6) is -0.567. The number of thioether (sulfide) groups is 1. The second kappa shape index (κ2) is 11.2. The summed E-state index contributed by atoms with van der Waals surface area (Å²) in [7, 11) is 0. The molecule has 0 unspecified atom stereocenters. The van der Waals surface area contributed by atoms with Crippen LogP contribution in [0.2, 0.25) is 0 Å². The second-order valence-corrected chi connectivity index (χ2v) is 8.65. The van der Waals surface area contributed by atoms with Crippen LogP contribution in [-0.4, -0.2) is 47.5 Å². The normalized spacial score (nSPS) is 14.7. The van der Waals surface area contributed by atoms with Gasteiger partial charge in [0.15, 0.2) is 0 Å². The zero-order chi connectivity index (χ0) is 23.1. The lowest BCUT2D eigenvalue weighted by Gasteiger charge is -2.20. The zero-order valence-electron chi connectivity index (χ0n) is 18.5. The molecular formula is C24H27N3O3S2. The smallest absolute Gasteiger partial charge is 0.340 e. The number of hydrogen-bond acceptors (Lipinski definition) is 7. The SMILES string of the molecule is CCOC(=O)c1ccccc1NCN1C(=O)/C(=C\c2ccc(N(CC)CC)cc2)SC1=S. The van der Waals surface area contributed by atoms with Crippen LogP contribution in [0.5, 0.6) is 0 Å². The van der Waals surface area contributed by atoms with Gasteiger partial charge in [0.2, 0.25) is 0 Å². The summed E-state index contributed by atoms with van der Waals surface area (Å²) in [6.07, 6.45) is 1.86. The van der Waals surface area contributed by atoms with E-state index in [2.05, 4.69) is 36.2 Å². The molecule has 1 saturated heterocycles. The number of nitrogens with one attached hydrogen (secondary N) is 1. The summed E-state index contributed by atoms with van der Waals surface area (Å²) in [4.78, 5) is 29.4. The molecule has 1 N–H and O–H groups in total. The fraction of sp³-hybridized carbons (Fsp3) is 0.292. The van der Waals surface area contributed by atoms with Crippen molar-refractivity contribution in [3.05, 3.63) is 64.6 Å². The predicted molar refractivity (Wildman–Crippen MR) is 136 cm³/mol. The number of benzene rings is 2. The zero-order valence-corrected chi connectivity index (χ0v) is 20.1. The highest BCUT2D eigenvalue weighted by Gasteiger charge is 2.32. The van der Waals surface area contributed by atoms with Crippen molar-refractivity contribution in [1.29, 1.82) is 0 Å². The van der Waals surface area contributed by atoms with Gasteiger partial charge in [-0.2, -0.15) is 0 Å². The molecule has 2 aromatic carbocycles. The van der Waals surface area contributed by atoms with E-state index in [1.807, 2.05) is 24.3 Å². The number of para-hydroxylation sites is 1. The van der Waals surface area contributed by atoms with E-state index in [9.17, 15) is 9.59 Å². The van der Waals surface area contributed by atoms with Crippen molar-refractivity contribution in [2.24, 2.45) is 0 Å². The minimum atomic E-state index is -0.408. The van der Waals surface area contributed by atoms with E-state index < -0.39 is 5.97 Å². The number of carbonyl (C=O) groups excluding carboxylic acids is 2. The van der Waals surface area contributed by atoms with E-state index >= 15 is 0 Å². The van der Waals surface area contributed by atoms with Gasteiger partial charge >= 0.3 is 5.97 Å². The van der Waals surface area contributed by atoms with Crippen molar-refractivity contribution >= 4 is 57.6 Å². The molecule has 1 heterocycles. The van der Waals surface area contributed by atoms with Crippen LogP contribution < -0.4 is 10.2 Å². The highest BCUT2D eigenvalue weighted by molar-refractivity contribution is 8.26. The quantitative estimate of drug-likeness (QED) is 0.316. The van der Waals surface area contributed by atoms with Crippen molar-refractivity contribution in [2.75, 3.05) is 36.6 Å². The van der Waals surface area contributed by atoms with E-state index in [0.29, 0.717) is 27.1 Å². The summed E-state index contributed by atoms with van der Waals surface area (Å²) in [5.41, 5.74) is 3.12. The fourth-order valence-electron chi connectivity index (χ4n) is 3.35. The summed E-state index contributed by atoms with van der Waals surface area (Å²) in [5, 5.41) is 3.14. The molecule has 0 aromatic heterocycles. The van der Waals surface area contributed by atoms with Crippen LogP contribution in [0.3, 0.4) is 0 Å². The molecule has 0 spiro atoms. The third kappa shape index (κ3) is 5.49. The number of anilines is 2. The van der Waals surface area contributed by atoms with Crippen LogP contribution in [0.15, 0.2) is 53.4 Å². The molecule has 3 rings (SSSR count). The van der Waals surface area contributed by atoms with Crippen LogP contribution in [0.4, 0.5) is 11.4 Å². The third-order valence-electron chi connectivity index (χ3n) is 5.04. The van der Waals surface area contributed by atoms with Gasteiger partial charge in [0.05, 0.1) is 29.4 Å². The summed E-state index contributed by atoms with van der Waals surface area (Å²) in [6.45, 7) is 8.37. The Hall–Kier alpha value is -2.84. The van der Waals surface area contributed by atoms with E-state index in [4.69, 9.17) is 17.0 Å². The molecule has 1 fully saturated rings. The van der Waals surface area contributed by atoms with Crippen LogP contribution in [0, 0.1) is 0 Å². The summed E-state index contributed by atoms with van der Waals surface area (Å²) >= 11 is 6.70. The lowest BCUT2D eigenvalue weighted by Crippen LogP contribution is -2.33. The van der Waals surface area contributed by atoms with Crippen LogP contribution in [-0.2, 0) is 9.53 Å². The van der Waals surface area contributed by atoms with Crippen molar-refractivity contribution < 1.29 is 14.3 Å². The molecular weight excluding hydrogens is 442 g/mol. The third-order valence-corrected chi connectivity index (χ3v) is 6.42. The molecule has 0 radical (unpaired) electrons. The Morgan fingerprint density at radius 3 is 2.47 bits per heavy atom. The summed E-state index contributed by atoms with van der Waals surface area (Å²) in [6, 6.07) is 15.2. The van der Waals surface area contributed by atoms with Crippen molar-refractivity contribution in [3.63, 3.8) is 0 Å². The van der Waals surface area contributed by atoms with Crippen molar-refractivity contribution in [2.45, 2.75) is 20.8 Å². The maximum atomic E-state index is 12.9. The Labute approximate surface area is 198 Å². The molecule has 2 aromatic rings. The van der Waals surface area contributed by atoms with Gasteiger partial charge < -0.3 is 15.0 Å². The number of rotatable bonds is 9. The number of amides is 1. The van der Waals surface area contributed by atoms with Gasteiger partial charge in [-0.3, -0.25) is 9.69 Å². The topological polar surface area (TPSA) is 61.9 Å². The molecule has 32 heavy (non-hydrogen) atoms. The largest absolute Gasteiger partial charge is 0.462 e. The van der Waals surface area contributed by atoms with Gasteiger partial charge in [0.1, 0.15) is 4.32 Å². The fourth-order valence-corrected chi connectivity index (χ4v) is 4.60. The molecule has 1 aliphatic rings. The van der Waals surface area contributed by atoms with Gasteiger partial charge in [-0.25, -0.2) is 4.79 Å². The van der Waals surface area contributed by atoms with Crippen LogP contribution >= 0.6 is 24.0 Å². The maximum absolute atomic E-state index is 12.9. The van der Waals surface area contributed by atoms with E-state index in [1.165, 1.54) is 16.7 Å². The standard InChI is InChI=1S/C24H27N3O3S2/c1-4-26(5-2)18-13-11-17(12-14-18)15-21-22(28)27(24(31)32-21)16-25-20-10-8-7-9-19(20)23(29)30-6-3/h7-15,25H,4-6,16H2,1-3H3/b21-15+. The number of hydrogen-bond donors (Lipinski definition) is 1. The van der Waals surface area contributed by atoms with Gasteiger partial charge in [-0.1, -0.05) is 48.2 Å². The van der Waals surface area contributed by atoms with Crippen molar-refractivity contribution in [3.8, 4) is 0 Å². The lowest BCUT2D eigenvalue weighted by molar-refractivity contribution is -0.121. The molecule has 8 heteroatoms. The minimum Gasteiger partial charge on any atom is -0.462 e. The number of esters is 1. The van der Waals surface area contributed by atoms with E-state index in [-0.39, 0.29) is 12.6 Å². The average Bonchev–Trinajstić information content (AvgIpc) is 3.06. The summed E-state index contributed by atoms with van der Waals surface area (Å²) < 4.78 is 5.58. The van der Waals surface area contributed by atoms with Crippen LogP contribution in [0.1, 0.15) is 36.7 Å². The molecule has 0 saturated carbocycles. The first-order valence-electron chi connectivity index (χ1n) is 10.6.